The third-order valence-electron chi connectivity index (χ3n) is 3.33. The molecule has 3 atom stereocenters. The molecule has 0 aromatic heterocycles. The van der Waals surface area contributed by atoms with Crippen LogP contribution in [-0.4, -0.2) is 12.6 Å². The van der Waals surface area contributed by atoms with E-state index in [9.17, 15) is 4.79 Å². The second-order valence-electron chi connectivity index (χ2n) is 4.74. The Balaban J connectivity index is 1.87. The fourth-order valence-corrected chi connectivity index (χ4v) is 2.64. The zero-order valence-electron chi connectivity index (χ0n) is 9.40. The molecule has 2 aliphatic rings. The van der Waals surface area contributed by atoms with Crippen molar-refractivity contribution < 1.29 is 9.53 Å². The van der Waals surface area contributed by atoms with Gasteiger partial charge in [0.25, 0.3) is 0 Å². The Bertz CT molecular complexity index is 314. The molecule has 0 aromatic rings. The molecular weight excluding hydrogens is 188 g/mol. The van der Waals surface area contributed by atoms with Crippen LogP contribution in [0.1, 0.15) is 26.7 Å². The van der Waals surface area contributed by atoms with E-state index in [1.807, 2.05) is 6.92 Å². The topological polar surface area (TPSA) is 26.3 Å². The van der Waals surface area contributed by atoms with Gasteiger partial charge in [-0.15, -0.1) is 0 Å². The smallest absolute Gasteiger partial charge is 0.302 e. The van der Waals surface area contributed by atoms with Crippen LogP contribution in [0.3, 0.4) is 0 Å². The fraction of sp³-hybridized carbons (Fsp3) is 0.615. The SMILES string of the molecule is CC(=O)OCC(C)=CC1CC2C=CC1C2. The van der Waals surface area contributed by atoms with E-state index in [0.717, 1.165) is 11.8 Å². The Morgan fingerprint density at radius 3 is 2.73 bits per heavy atom. The molecule has 3 unspecified atom stereocenters. The van der Waals surface area contributed by atoms with Crippen LogP contribution in [0.15, 0.2) is 23.8 Å². The molecule has 1 fully saturated rings. The van der Waals surface area contributed by atoms with Crippen LogP contribution in [0.5, 0.6) is 0 Å². The highest BCUT2D eigenvalue weighted by Gasteiger charge is 2.34. The Morgan fingerprint density at radius 1 is 1.40 bits per heavy atom. The monoisotopic (exact) mass is 206 g/mol. The van der Waals surface area contributed by atoms with Gasteiger partial charge in [-0.3, -0.25) is 4.79 Å². The maximum Gasteiger partial charge on any atom is 0.302 e. The molecule has 2 nitrogen and oxygen atoms in total. The maximum atomic E-state index is 10.7. The van der Waals surface area contributed by atoms with Crippen LogP contribution < -0.4 is 0 Å². The summed E-state index contributed by atoms with van der Waals surface area (Å²) in [6.45, 7) is 3.94. The number of rotatable bonds is 3. The van der Waals surface area contributed by atoms with Gasteiger partial charge in [0.1, 0.15) is 6.61 Å². The maximum absolute atomic E-state index is 10.7. The Kier molecular flexibility index (Phi) is 2.94. The average molecular weight is 206 g/mol. The van der Waals surface area contributed by atoms with Crippen LogP contribution in [-0.2, 0) is 9.53 Å². The van der Waals surface area contributed by atoms with Crippen LogP contribution in [0, 0.1) is 17.8 Å². The van der Waals surface area contributed by atoms with Gasteiger partial charge in [-0.2, -0.15) is 0 Å². The third kappa shape index (κ3) is 2.49. The van der Waals surface area contributed by atoms with Crippen LogP contribution in [0.2, 0.25) is 0 Å². The lowest BCUT2D eigenvalue weighted by molar-refractivity contribution is -0.139. The second-order valence-corrected chi connectivity index (χ2v) is 4.74. The van der Waals surface area contributed by atoms with E-state index in [1.165, 1.54) is 25.3 Å². The van der Waals surface area contributed by atoms with Gasteiger partial charge >= 0.3 is 5.97 Å². The van der Waals surface area contributed by atoms with Crippen LogP contribution in [0.25, 0.3) is 0 Å². The second kappa shape index (κ2) is 4.21. The van der Waals surface area contributed by atoms with E-state index in [0.29, 0.717) is 12.5 Å². The third-order valence-corrected chi connectivity index (χ3v) is 3.33. The van der Waals surface area contributed by atoms with Crippen molar-refractivity contribution in [1.29, 1.82) is 0 Å². The summed E-state index contributed by atoms with van der Waals surface area (Å²) in [4.78, 5) is 10.7. The highest BCUT2D eigenvalue weighted by molar-refractivity contribution is 5.66. The molecule has 0 N–H and O–H groups in total. The predicted octanol–water partition coefficient (Wildman–Crippen LogP) is 2.71. The van der Waals surface area contributed by atoms with E-state index in [1.54, 1.807) is 0 Å². The normalized spacial score (nSPS) is 33.5. The standard InChI is InChI=1S/C13H18O2/c1-9(8-15-10(2)14)5-13-7-11-3-4-12(13)6-11/h3-5,11-13H,6-8H2,1-2H3. The highest BCUT2D eigenvalue weighted by atomic mass is 16.5. The summed E-state index contributed by atoms with van der Waals surface area (Å²) in [5, 5.41) is 0. The van der Waals surface area contributed by atoms with Gasteiger partial charge in [0, 0.05) is 6.92 Å². The minimum Gasteiger partial charge on any atom is -0.461 e. The summed E-state index contributed by atoms with van der Waals surface area (Å²) < 4.78 is 4.97. The fourth-order valence-electron chi connectivity index (χ4n) is 2.64. The molecule has 1 saturated carbocycles. The van der Waals surface area contributed by atoms with Crippen molar-refractivity contribution in [3.8, 4) is 0 Å². The Morgan fingerprint density at radius 2 is 2.20 bits per heavy atom. The lowest BCUT2D eigenvalue weighted by atomic mass is 9.92. The predicted molar refractivity (Wildman–Crippen MR) is 59.2 cm³/mol. The molecule has 82 valence electrons. The lowest BCUT2D eigenvalue weighted by Gasteiger charge is -2.14. The first-order chi connectivity index (χ1) is 7.15. The zero-order chi connectivity index (χ0) is 10.8. The first-order valence-electron chi connectivity index (χ1n) is 5.64. The molecule has 0 spiro atoms. The molecule has 0 aromatic carbocycles. The van der Waals surface area contributed by atoms with Crippen molar-refractivity contribution in [2.45, 2.75) is 26.7 Å². The van der Waals surface area contributed by atoms with Crippen molar-refractivity contribution in [2.75, 3.05) is 6.61 Å². The molecule has 0 aliphatic heterocycles. The number of carbonyl (C=O) groups is 1. The van der Waals surface area contributed by atoms with Crippen LogP contribution >= 0.6 is 0 Å². The molecule has 2 aliphatic carbocycles. The van der Waals surface area contributed by atoms with E-state index in [4.69, 9.17) is 4.74 Å². The van der Waals surface area contributed by atoms with Gasteiger partial charge in [-0.05, 0) is 43.1 Å². The largest absolute Gasteiger partial charge is 0.461 e. The van der Waals surface area contributed by atoms with Gasteiger partial charge in [-0.25, -0.2) is 0 Å². The first-order valence-corrected chi connectivity index (χ1v) is 5.64. The molecule has 2 bridgehead atoms. The molecule has 2 rings (SSSR count). The number of allylic oxidation sites excluding steroid dienone is 3. The van der Waals surface area contributed by atoms with Gasteiger partial charge in [-0.1, -0.05) is 18.2 Å². The number of ether oxygens (including phenoxy) is 1. The summed E-state index contributed by atoms with van der Waals surface area (Å²) in [5.74, 6) is 2.02. The van der Waals surface area contributed by atoms with E-state index in [2.05, 4.69) is 18.2 Å². The molecule has 0 heterocycles. The average Bonchev–Trinajstić information content (AvgIpc) is 2.76. The van der Waals surface area contributed by atoms with Gasteiger partial charge in [0.2, 0.25) is 0 Å². The molecule has 2 heteroatoms. The molecule has 0 amide bonds. The van der Waals surface area contributed by atoms with Crippen molar-refractivity contribution in [2.24, 2.45) is 17.8 Å². The number of esters is 1. The van der Waals surface area contributed by atoms with Crippen LogP contribution in [0.4, 0.5) is 0 Å². The summed E-state index contributed by atoms with van der Waals surface area (Å²) in [7, 11) is 0. The molecule has 0 saturated heterocycles. The summed E-state index contributed by atoms with van der Waals surface area (Å²) in [5.41, 5.74) is 1.18. The van der Waals surface area contributed by atoms with E-state index in [-0.39, 0.29) is 5.97 Å². The zero-order valence-corrected chi connectivity index (χ0v) is 9.40. The number of carbonyl (C=O) groups excluding carboxylic acids is 1. The van der Waals surface area contributed by atoms with E-state index < -0.39 is 0 Å². The summed E-state index contributed by atoms with van der Waals surface area (Å²) in [6.07, 6.45) is 9.57. The van der Waals surface area contributed by atoms with Gasteiger partial charge < -0.3 is 4.74 Å². The van der Waals surface area contributed by atoms with Crippen molar-refractivity contribution in [1.82, 2.24) is 0 Å². The number of fused-ring (bicyclic) bond motifs is 2. The Hall–Kier alpha value is -1.05. The summed E-state index contributed by atoms with van der Waals surface area (Å²) >= 11 is 0. The van der Waals surface area contributed by atoms with Gasteiger partial charge in [0.05, 0.1) is 0 Å². The first kappa shape index (κ1) is 10.5. The molecular formula is C13H18O2. The number of hydrogen-bond acceptors (Lipinski definition) is 2. The quantitative estimate of drug-likeness (QED) is 0.524. The Labute approximate surface area is 91.0 Å². The number of hydrogen-bond donors (Lipinski definition) is 0. The molecule has 0 radical (unpaired) electrons. The molecule has 15 heavy (non-hydrogen) atoms. The lowest BCUT2D eigenvalue weighted by Crippen LogP contribution is -2.07. The van der Waals surface area contributed by atoms with Crippen molar-refractivity contribution >= 4 is 5.97 Å². The summed E-state index contributed by atoms with van der Waals surface area (Å²) in [6, 6.07) is 0. The minimum absolute atomic E-state index is 0.199. The minimum atomic E-state index is -0.199. The van der Waals surface area contributed by atoms with Crippen molar-refractivity contribution in [3.05, 3.63) is 23.8 Å². The van der Waals surface area contributed by atoms with E-state index >= 15 is 0 Å². The highest BCUT2D eigenvalue weighted by Crippen LogP contribution is 2.44. The van der Waals surface area contributed by atoms with Gasteiger partial charge in [0.15, 0.2) is 0 Å². The van der Waals surface area contributed by atoms with Crippen molar-refractivity contribution in [3.63, 3.8) is 0 Å².